The van der Waals surface area contributed by atoms with Gasteiger partial charge >= 0.3 is 0 Å². The van der Waals surface area contributed by atoms with Crippen LogP contribution < -0.4 is 5.32 Å². The molecule has 1 N–H and O–H groups in total. The molecule has 20 heavy (non-hydrogen) atoms. The van der Waals surface area contributed by atoms with E-state index in [9.17, 15) is 0 Å². The van der Waals surface area contributed by atoms with Crippen LogP contribution in [-0.2, 0) is 6.42 Å². The molecule has 2 aromatic rings. The van der Waals surface area contributed by atoms with Crippen molar-refractivity contribution in [1.82, 2.24) is 5.32 Å². The summed E-state index contributed by atoms with van der Waals surface area (Å²) in [6.07, 6.45) is 3.66. The number of rotatable bonds is 6. The van der Waals surface area contributed by atoms with Crippen molar-refractivity contribution in [3.05, 3.63) is 52.2 Å². The lowest BCUT2D eigenvalue weighted by Gasteiger charge is -2.19. The van der Waals surface area contributed by atoms with Crippen molar-refractivity contribution in [1.29, 1.82) is 0 Å². The van der Waals surface area contributed by atoms with Crippen LogP contribution >= 0.6 is 23.1 Å². The molecule has 3 rings (SSSR count). The molecule has 0 aliphatic carbocycles. The van der Waals surface area contributed by atoms with E-state index in [-0.39, 0.29) is 0 Å². The Morgan fingerprint density at radius 3 is 2.90 bits per heavy atom. The Hall–Kier alpha value is -0.770. The molecule has 2 unspecified atom stereocenters. The Bertz CT molecular complexity index is 511. The van der Waals surface area contributed by atoms with Crippen LogP contribution in [-0.4, -0.2) is 11.8 Å². The lowest BCUT2D eigenvalue weighted by Crippen LogP contribution is -2.28. The summed E-state index contributed by atoms with van der Waals surface area (Å²) < 4.78 is 0. The highest BCUT2D eigenvalue weighted by molar-refractivity contribution is 8.00. The largest absolute Gasteiger partial charge is 0.308 e. The SMILES string of the molecule is CCCC(NCC1Cc2ccccc2S1)c1cccs1. The minimum absolute atomic E-state index is 0.532. The highest BCUT2D eigenvalue weighted by atomic mass is 32.2. The molecule has 0 radical (unpaired) electrons. The van der Waals surface area contributed by atoms with Gasteiger partial charge in [0, 0.05) is 27.6 Å². The van der Waals surface area contributed by atoms with Crippen molar-refractivity contribution < 1.29 is 0 Å². The number of hydrogen-bond acceptors (Lipinski definition) is 3. The fourth-order valence-corrected chi connectivity index (χ4v) is 4.86. The van der Waals surface area contributed by atoms with Gasteiger partial charge in [-0.15, -0.1) is 23.1 Å². The Morgan fingerprint density at radius 1 is 1.25 bits per heavy atom. The van der Waals surface area contributed by atoms with Crippen molar-refractivity contribution in [2.24, 2.45) is 0 Å². The summed E-state index contributed by atoms with van der Waals surface area (Å²) >= 11 is 3.91. The van der Waals surface area contributed by atoms with E-state index in [1.54, 1.807) is 0 Å². The Balaban J connectivity index is 1.57. The lowest BCUT2D eigenvalue weighted by atomic mass is 10.1. The number of fused-ring (bicyclic) bond motifs is 1. The fourth-order valence-electron chi connectivity index (χ4n) is 2.76. The summed E-state index contributed by atoms with van der Waals surface area (Å²) in [5.41, 5.74) is 1.52. The number of thiophene rings is 1. The van der Waals surface area contributed by atoms with E-state index in [2.05, 4.69) is 54.0 Å². The summed E-state index contributed by atoms with van der Waals surface area (Å²) in [6, 6.07) is 13.8. The van der Waals surface area contributed by atoms with Crippen molar-refractivity contribution in [3.63, 3.8) is 0 Å². The minimum Gasteiger partial charge on any atom is -0.308 e. The van der Waals surface area contributed by atoms with E-state index in [1.165, 1.54) is 34.6 Å². The predicted octanol–water partition coefficient (Wildman–Crippen LogP) is 4.90. The highest BCUT2D eigenvalue weighted by Gasteiger charge is 2.22. The van der Waals surface area contributed by atoms with Crippen LogP contribution in [0.1, 0.15) is 36.2 Å². The van der Waals surface area contributed by atoms with Crippen LogP contribution in [0, 0.1) is 0 Å². The third-order valence-electron chi connectivity index (χ3n) is 3.77. The van der Waals surface area contributed by atoms with Gasteiger partial charge in [-0.2, -0.15) is 0 Å². The molecule has 1 nitrogen and oxygen atoms in total. The van der Waals surface area contributed by atoms with Gasteiger partial charge in [-0.3, -0.25) is 0 Å². The molecule has 0 amide bonds. The van der Waals surface area contributed by atoms with Gasteiger partial charge in [0.15, 0.2) is 0 Å². The maximum absolute atomic E-state index is 3.79. The predicted molar refractivity (Wildman–Crippen MR) is 89.8 cm³/mol. The van der Waals surface area contributed by atoms with E-state index >= 15 is 0 Å². The monoisotopic (exact) mass is 303 g/mol. The second-order valence-corrected chi connectivity index (χ2v) is 7.64. The molecular weight excluding hydrogens is 282 g/mol. The topological polar surface area (TPSA) is 12.0 Å². The van der Waals surface area contributed by atoms with E-state index in [0.29, 0.717) is 11.3 Å². The van der Waals surface area contributed by atoms with Crippen molar-refractivity contribution in [2.45, 2.75) is 42.4 Å². The normalized spacial score (nSPS) is 18.9. The molecule has 0 spiro atoms. The first-order valence-electron chi connectivity index (χ1n) is 7.38. The minimum atomic E-state index is 0.532. The van der Waals surface area contributed by atoms with Crippen LogP contribution in [0.2, 0.25) is 0 Å². The number of hydrogen-bond donors (Lipinski definition) is 1. The molecule has 2 heterocycles. The first kappa shape index (κ1) is 14.2. The van der Waals surface area contributed by atoms with Gasteiger partial charge in [0.25, 0.3) is 0 Å². The maximum Gasteiger partial charge on any atom is 0.0415 e. The Kier molecular flexibility index (Phi) is 4.81. The van der Waals surface area contributed by atoms with Crippen LogP contribution in [0.5, 0.6) is 0 Å². The molecule has 1 aromatic heterocycles. The molecule has 0 bridgehead atoms. The van der Waals surface area contributed by atoms with Gasteiger partial charge in [-0.1, -0.05) is 37.6 Å². The average molecular weight is 303 g/mol. The number of nitrogens with one attached hydrogen (secondary N) is 1. The van der Waals surface area contributed by atoms with Crippen molar-refractivity contribution in [2.75, 3.05) is 6.54 Å². The van der Waals surface area contributed by atoms with Crippen molar-refractivity contribution in [3.8, 4) is 0 Å². The summed E-state index contributed by atoms with van der Waals surface area (Å²) in [5.74, 6) is 0. The quantitative estimate of drug-likeness (QED) is 0.815. The maximum atomic E-state index is 3.79. The first-order valence-corrected chi connectivity index (χ1v) is 9.14. The highest BCUT2D eigenvalue weighted by Crippen LogP contribution is 2.36. The third kappa shape index (κ3) is 3.27. The van der Waals surface area contributed by atoms with Crippen LogP contribution in [0.4, 0.5) is 0 Å². The first-order chi connectivity index (χ1) is 9.86. The van der Waals surface area contributed by atoms with Gasteiger partial charge in [0.2, 0.25) is 0 Å². The van der Waals surface area contributed by atoms with E-state index in [1.807, 2.05) is 23.1 Å². The Labute approximate surface area is 129 Å². The molecule has 1 aromatic carbocycles. The van der Waals surface area contributed by atoms with Gasteiger partial charge in [0.05, 0.1) is 0 Å². The van der Waals surface area contributed by atoms with Crippen LogP contribution in [0.25, 0.3) is 0 Å². The zero-order valence-corrected chi connectivity index (χ0v) is 13.5. The van der Waals surface area contributed by atoms with Gasteiger partial charge in [-0.25, -0.2) is 0 Å². The molecule has 0 saturated carbocycles. The number of thioether (sulfide) groups is 1. The van der Waals surface area contributed by atoms with Gasteiger partial charge < -0.3 is 5.32 Å². The van der Waals surface area contributed by atoms with Crippen LogP contribution in [0.3, 0.4) is 0 Å². The zero-order chi connectivity index (χ0) is 13.8. The summed E-state index contributed by atoms with van der Waals surface area (Å²) in [4.78, 5) is 2.95. The van der Waals surface area contributed by atoms with E-state index < -0.39 is 0 Å². The van der Waals surface area contributed by atoms with Crippen LogP contribution in [0.15, 0.2) is 46.7 Å². The van der Waals surface area contributed by atoms with E-state index in [0.717, 1.165) is 6.54 Å². The van der Waals surface area contributed by atoms with Gasteiger partial charge in [0.1, 0.15) is 0 Å². The molecule has 1 aliphatic rings. The molecular formula is C17H21NS2. The standard InChI is InChI=1S/C17H21NS2/c1-2-6-15(17-9-5-10-19-17)18-12-14-11-13-7-3-4-8-16(13)20-14/h3-5,7-10,14-15,18H,2,6,11-12H2,1H3. The zero-order valence-electron chi connectivity index (χ0n) is 11.8. The second kappa shape index (κ2) is 6.79. The molecule has 2 atom stereocenters. The molecule has 1 aliphatic heterocycles. The molecule has 0 fully saturated rings. The summed E-state index contributed by atoms with van der Waals surface area (Å²) in [7, 11) is 0. The lowest BCUT2D eigenvalue weighted by molar-refractivity contribution is 0.499. The fraction of sp³-hybridized carbons (Fsp3) is 0.412. The molecule has 106 valence electrons. The number of benzene rings is 1. The Morgan fingerprint density at radius 2 is 2.15 bits per heavy atom. The summed E-state index contributed by atoms with van der Waals surface area (Å²) in [6.45, 7) is 3.37. The van der Waals surface area contributed by atoms with Crippen molar-refractivity contribution >= 4 is 23.1 Å². The summed E-state index contributed by atoms with van der Waals surface area (Å²) in [5, 5.41) is 6.66. The van der Waals surface area contributed by atoms with E-state index in [4.69, 9.17) is 0 Å². The van der Waals surface area contributed by atoms with Gasteiger partial charge in [-0.05, 0) is 35.9 Å². The second-order valence-electron chi connectivity index (χ2n) is 5.32. The average Bonchev–Trinajstić information content (AvgIpc) is 3.12. The molecule has 0 saturated heterocycles. The smallest absolute Gasteiger partial charge is 0.0415 e. The molecule has 3 heteroatoms. The third-order valence-corrected chi connectivity index (χ3v) is 6.07.